The minimum absolute atomic E-state index is 0.436. The van der Waals surface area contributed by atoms with E-state index in [1.807, 2.05) is 24.3 Å². The number of ether oxygens (including phenoxy) is 2. The first-order valence-electron chi connectivity index (χ1n) is 6.29. The molecule has 0 bridgehead atoms. The maximum Gasteiger partial charge on any atom is 0.143 e. The van der Waals surface area contributed by atoms with E-state index in [2.05, 4.69) is 0 Å². The second-order valence-electron chi connectivity index (χ2n) is 4.40. The lowest BCUT2D eigenvalue weighted by Crippen LogP contribution is -2.07. The third kappa shape index (κ3) is 2.95. The summed E-state index contributed by atoms with van der Waals surface area (Å²) in [5.41, 5.74) is 21.4. The van der Waals surface area contributed by atoms with Gasteiger partial charge in [0.15, 0.2) is 0 Å². The molecule has 0 unspecified atom stereocenters. The Kier molecular flexibility index (Phi) is 4.32. The van der Waals surface area contributed by atoms with Crippen LogP contribution >= 0.6 is 0 Å². The zero-order chi connectivity index (χ0) is 14.5. The predicted octanol–water partition coefficient (Wildman–Crippen LogP) is 2.13. The van der Waals surface area contributed by atoms with E-state index in [9.17, 15) is 0 Å². The molecule has 5 heteroatoms. The Morgan fingerprint density at radius 2 is 1.60 bits per heavy atom. The van der Waals surface area contributed by atoms with E-state index < -0.39 is 0 Å². The van der Waals surface area contributed by atoms with Gasteiger partial charge < -0.3 is 26.7 Å². The summed E-state index contributed by atoms with van der Waals surface area (Å²) < 4.78 is 10.5. The summed E-state index contributed by atoms with van der Waals surface area (Å²) >= 11 is 0. The fourth-order valence-electron chi connectivity index (χ4n) is 1.95. The van der Waals surface area contributed by atoms with Gasteiger partial charge in [-0.1, -0.05) is 12.1 Å². The van der Waals surface area contributed by atoms with Crippen LogP contribution in [-0.2, 0) is 4.74 Å². The number of rotatable bonds is 5. The third-order valence-electron chi connectivity index (χ3n) is 2.98. The minimum Gasteiger partial charge on any atom is -0.489 e. The van der Waals surface area contributed by atoms with Gasteiger partial charge in [-0.2, -0.15) is 0 Å². The van der Waals surface area contributed by atoms with Gasteiger partial charge in [-0.15, -0.1) is 0 Å². The van der Waals surface area contributed by atoms with Crippen molar-refractivity contribution in [2.24, 2.45) is 0 Å². The monoisotopic (exact) mass is 273 g/mol. The van der Waals surface area contributed by atoms with Crippen LogP contribution in [0.15, 0.2) is 36.4 Å². The minimum atomic E-state index is 0.436. The summed E-state index contributed by atoms with van der Waals surface area (Å²) in [6.45, 7) is 0.937. The van der Waals surface area contributed by atoms with E-state index in [1.54, 1.807) is 19.2 Å². The van der Waals surface area contributed by atoms with E-state index in [1.165, 1.54) is 0 Å². The van der Waals surface area contributed by atoms with Crippen molar-refractivity contribution in [3.8, 4) is 16.9 Å². The summed E-state index contributed by atoms with van der Waals surface area (Å²) in [5, 5.41) is 0. The van der Waals surface area contributed by atoms with Crippen LogP contribution in [0.1, 0.15) is 0 Å². The molecule has 0 fully saturated rings. The smallest absolute Gasteiger partial charge is 0.143 e. The Morgan fingerprint density at radius 1 is 0.900 bits per heavy atom. The molecule has 0 heterocycles. The van der Waals surface area contributed by atoms with Gasteiger partial charge in [0, 0.05) is 24.0 Å². The number of methoxy groups -OCH3 is 1. The average molecular weight is 273 g/mol. The van der Waals surface area contributed by atoms with E-state index in [0.29, 0.717) is 36.0 Å². The average Bonchev–Trinajstić information content (AvgIpc) is 2.44. The quantitative estimate of drug-likeness (QED) is 0.573. The Balaban J connectivity index is 2.36. The molecule has 2 aromatic rings. The van der Waals surface area contributed by atoms with Crippen LogP contribution in [0.3, 0.4) is 0 Å². The summed E-state index contributed by atoms with van der Waals surface area (Å²) in [7, 11) is 1.62. The molecule has 6 N–H and O–H groups in total. The molecule has 0 radical (unpaired) electrons. The molecule has 2 aromatic carbocycles. The summed E-state index contributed by atoms with van der Waals surface area (Å²) in [4.78, 5) is 0. The molecule has 5 nitrogen and oxygen atoms in total. The van der Waals surface area contributed by atoms with Crippen molar-refractivity contribution in [1.82, 2.24) is 0 Å². The van der Waals surface area contributed by atoms with Gasteiger partial charge in [-0.05, 0) is 29.8 Å². The highest BCUT2D eigenvalue weighted by Crippen LogP contribution is 2.38. The highest BCUT2D eigenvalue weighted by Gasteiger charge is 2.12. The Labute approximate surface area is 118 Å². The molecule has 106 valence electrons. The molecular weight excluding hydrogens is 254 g/mol. The number of hydrogen-bond donors (Lipinski definition) is 3. The second kappa shape index (κ2) is 6.16. The van der Waals surface area contributed by atoms with Gasteiger partial charge in [0.05, 0.1) is 12.3 Å². The molecule has 0 amide bonds. The number of anilines is 3. The van der Waals surface area contributed by atoms with Crippen LogP contribution in [0.4, 0.5) is 17.1 Å². The molecule has 0 aliphatic heterocycles. The van der Waals surface area contributed by atoms with Crippen molar-refractivity contribution < 1.29 is 9.47 Å². The van der Waals surface area contributed by atoms with E-state index in [4.69, 9.17) is 26.7 Å². The fourth-order valence-corrected chi connectivity index (χ4v) is 1.95. The van der Waals surface area contributed by atoms with Gasteiger partial charge in [-0.25, -0.2) is 0 Å². The summed E-state index contributed by atoms with van der Waals surface area (Å²) in [5.74, 6) is 0.600. The van der Waals surface area contributed by atoms with Crippen LogP contribution < -0.4 is 21.9 Å². The Bertz CT molecular complexity index is 582. The standard InChI is InChI=1S/C15H19N3O2/c1-19-8-9-20-13-7-6-12(17)14(15(13)18)10-2-4-11(16)5-3-10/h2-7H,8-9,16-18H2,1H3. The van der Waals surface area contributed by atoms with Gasteiger partial charge >= 0.3 is 0 Å². The highest BCUT2D eigenvalue weighted by molar-refractivity contribution is 5.89. The highest BCUT2D eigenvalue weighted by atomic mass is 16.5. The fraction of sp³-hybridized carbons (Fsp3) is 0.200. The van der Waals surface area contributed by atoms with Crippen molar-refractivity contribution in [3.05, 3.63) is 36.4 Å². The molecular formula is C15H19N3O2. The maximum absolute atomic E-state index is 6.16. The van der Waals surface area contributed by atoms with E-state index >= 15 is 0 Å². The molecule has 20 heavy (non-hydrogen) atoms. The molecule has 0 aliphatic rings. The molecule has 0 saturated heterocycles. The zero-order valence-electron chi connectivity index (χ0n) is 11.4. The molecule has 0 spiro atoms. The number of nitrogens with two attached hydrogens (primary N) is 3. The molecule has 0 aromatic heterocycles. The lowest BCUT2D eigenvalue weighted by atomic mass is 10.0. The molecule has 2 rings (SSSR count). The van der Waals surface area contributed by atoms with Crippen molar-refractivity contribution in [2.45, 2.75) is 0 Å². The van der Waals surface area contributed by atoms with Crippen molar-refractivity contribution >= 4 is 17.1 Å². The Morgan fingerprint density at radius 3 is 2.25 bits per heavy atom. The van der Waals surface area contributed by atoms with Crippen molar-refractivity contribution in [1.29, 1.82) is 0 Å². The van der Waals surface area contributed by atoms with Crippen molar-refractivity contribution in [3.63, 3.8) is 0 Å². The van der Waals surface area contributed by atoms with E-state index in [-0.39, 0.29) is 0 Å². The first kappa shape index (κ1) is 14.0. The van der Waals surface area contributed by atoms with Crippen LogP contribution in [0, 0.1) is 0 Å². The molecule has 0 saturated carbocycles. The van der Waals surface area contributed by atoms with Crippen LogP contribution in [0.2, 0.25) is 0 Å². The van der Waals surface area contributed by atoms with Crippen LogP contribution in [0.25, 0.3) is 11.1 Å². The first-order chi connectivity index (χ1) is 9.63. The van der Waals surface area contributed by atoms with E-state index in [0.717, 1.165) is 11.1 Å². The number of benzene rings is 2. The van der Waals surface area contributed by atoms with Gasteiger partial charge in [-0.3, -0.25) is 0 Å². The first-order valence-corrected chi connectivity index (χ1v) is 6.29. The van der Waals surface area contributed by atoms with Crippen LogP contribution in [0.5, 0.6) is 5.75 Å². The Hall–Kier alpha value is -2.40. The second-order valence-corrected chi connectivity index (χ2v) is 4.40. The van der Waals surface area contributed by atoms with Gasteiger partial charge in [0.2, 0.25) is 0 Å². The zero-order valence-corrected chi connectivity index (χ0v) is 11.4. The third-order valence-corrected chi connectivity index (χ3v) is 2.98. The van der Waals surface area contributed by atoms with Gasteiger partial charge in [0.1, 0.15) is 12.4 Å². The molecule has 0 aliphatic carbocycles. The lowest BCUT2D eigenvalue weighted by Gasteiger charge is -2.15. The van der Waals surface area contributed by atoms with Crippen molar-refractivity contribution in [2.75, 3.05) is 37.5 Å². The lowest BCUT2D eigenvalue weighted by molar-refractivity contribution is 0.147. The van der Waals surface area contributed by atoms with Crippen LogP contribution in [-0.4, -0.2) is 20.3 Å². The summed E-state index contributed by atoms with van der Waals surface area (Å²) in [6.07, 6.45) is 0. The normalized spacial score (nSPS) is 10.4. The topological polar surface area (TPSA) is 96.5 Å². The number of hydrogen-bond acceptors (Lipinski definition) is 5. The predicted molar refractivity (Wildman–Crippen MR) is 82.5 cm³/mol. The summed E-state index contributed by atoms with van der Waals surface area (Å²) in [6, 6.07) is 10.9. The maximum atomic E-state index is 6.16. The van der Waals surface area contributed by atoms with Gasteiger partial charge in [0.25, 0.3) is 0 Å². The molecule has 0 atom stereocenters. The SMILES string of the molecule is COCCOc1ccc(N)c(-c2ccc(N)cc2)c1N. The number of nitrogen functional groups attached to an aromatic ring is 3. The largest absolute Gasteiger partial charge is 0.489 e.